The molecular formula is C32H32F3N3O3. The Labute approximate surface area is 236 Å². The normalized spacial score (nSPS) is 17.8. The Morgan fingerprint density at radius 3 is 2.32 bits per heavy atom. The summed E-state index contributed by atoms with van der Waals surface area (Å²) in [6.45, 7) is 7.84. The second kappa shape index (κ2) is 10.4. The summed E-state index contributed by atoms with van der Waals surface area (Å²) in [5.41, 5.74) is 1.82. The molecule has 214 valence electrons. The molecule has 1 aliphatic heterocycles. The van der Waals surface area contributed by atoms with Gasteiger partial charge in [0.2, 0.25) is 5.91 Å². The molecule has 6 nitrogen and oxygen atoms in total. The molecule has 9 heteroatoms. The second-order valence-corrected chi connectivity index (χ2v) is 11.7. The van der Waals surface area contributed by atoms with Crippen LogP contribution in [0.4, 0.5) is 18.0 Å². The highest BCUT2D eigenvalue weighted by atomic mass is 19.4. The highest BCUT2D eigenvalue weighted by Gasteiger charge is 2.51. The van der Waals surface area contributed by atoms with Gasteiger partial charge >= 0.3 is 12.3 Å². The van der Waals surface area contributed by atoms with E-state index in [1.165, 1.54) is 17.0 Å². The van der Waals surface area contributed by atoms with E-state index in [1.54, 1.807) is 33.2 Å². The summed E-state index contributed by atoms with van der Waals surface area (Å²) >= 11 is 0. The third kappa shape index (κ3) is 5.71. The SMILES string of the molecule is Cc1cn(Cc2ccc(C(F)(F)F)cc2)c2cc(C3(Cc4ccncc4)CCN(C(=O)OC(C)(C)C)C3=O)ccc12. The maximum absolute atomic E-state index is 14.1. The number of carbonyl (C=O) groups excluding carboxylic acids is 2. The van der Waals surface area contributed by atoms with Crippen molar-refractivity contribution in [3.05, 3.63) is 101 Å². The Morgan fingerprint density at radius 1 is 1.00 bits per heavy atom. The van der Waals surface area contributed by atoms with E-state index in [0.717, 1.165) is 45.3 Å². The van der Waals surface area contributed by atoms with Gasteiger partial charge in [-0.15, -0.1) is 0 Å². The molecule has 2 aromatic heterocycles. The van der Waals surface area contributed by atoms with Gasteiger partial charge in [0.05, 0.1) is 11.0 Å². The first-order chi connectivity index (χ1) is 19.3. The molecule has 5 rings (SSSR count). The number of likely N-dealkylation sites (tertiary alicyclic amines) is 1. The maximum atomic E-state index is 14.1. The van der Waals surface area contributed by atoms with Crippen molar-refractivity contribution in [3.8, 4) is 0 Å². The maximum Gasteiger partial charge on any atom is 0.417 e. The molecule has 2 amide bonds. The van der Waals surface area contributed by atoms with Crippen LogP contribution in [0.2, 0.25) is 0 Å². The Hall–Kier alpha value is -4.14. The standard InChI is InChI=1S/C32H32F3N3O3/c1-21-19-37(20-23-5-7-24(8-6-23)32(33,34)35)27-17-25(9-10-26(21)27)31(18-22-11-14-36-15-12-22)13-16-38(28(31)39)29(40)41-30(2,3)4/h5-12,14-15,17,19H,13,16,18,20H2,1-4H3. The molecule has 0 spiro atoms. The van der Waals surface area contributed by atoms with Gasteiger partial charge in [0.15, 0.2) is 0 Å². The first-order valence-corrected chi connectivity index (χ1v) is 13.5. The van der Waals surface area contributed by atoms with E-state index in [4.69, 9.17) is 4.74 Å². The number of aryl methyl sites for hydroxylation is 1. The number of rotatable bonds is 5. The van der Waals surface area contributed by atoms with Gasteiger partial charge in [-0.1, -0.05) is 24.3 Å². The summed E-state index contributed by atoms with van der Waals surface area (Å²) in [6, 6.07) is 14.8. The predicted octanol–water partition coefficient (Wildman–Crippen LogP) is 7.06. The number of amides is 2. The molecule has 0 N–H and O–H groups in total. The van der Waals surface area contributed by atoms with Crippen LogP contribution >= 0.6 is 0 Å². The zero-order valence-corrected chi connectivity index (χ0v) is 23.5. The van der Waals surface area contributed by atoms with Crippen LogP contribution < -0.4 is 0 Å². The molecule has 1 atom stereocenters. The molecule has 0 bridgehead atoms. The van der Waals surface area contributed by atoms with Crippen molar-refractivity contribution >= 4 is 22.9 Å². The summed E-state index contributed by atoms with van der Waals surface area (Å²) in [4.78, 5) is 32.4. The molecular weight excluding hydrogens is 531 g/mol. The Balaban J connectivity index is 1.55. The van der Waals surface area contributed by atoms with Crippen molar-refractivity contribution in [3.63, 3.8) is 0 Å². The number of hydrogen-bond donors (Lipinski definition) is 0. The molecule has 4 aromatic rings. The van der Waals surface area contributed by atoms with Crippen molar-refractivity contribution in [2.75, 3.05) is 6.54 Å². The van der Waals surface area contributed by atoms with Gasteiger partial charge in [0, 0.05) is 42.6 Å². The fourth-order valence-corrected chi connectivity index (χ4v) is 5.54. The molecule has 0 saturated carbocycles. The van der Waals surface area contributed by atoms with Crippen LogP contribution in [-0.4, -0.2) is 38.6 Å². The van der Waals surface area contributed by atoms with Gasteiger partial charge < -0.3 is 9.30 Å². The van der Waals surface area contributed by atoms with Crippen molar-refractivity contribution in [2.45, 2.75) is 64.3 Å². The van der Waals surface area contributed by atoms with Crippen LogP contribution in [0.15, 0.2) is 73.2 Å². The van der Waals surface area contributed by atoms with Crippen LogP contribution in [0, 0.1) is 6.92 Å². The summed E-state index contributed by atoms with van der Waals surface area (Å²) in [6.07, 6.45) is 1.04. The number of ether oxygens (including phenoxy) is 1. The lowest BCUT2D eigenvalue weighted by Gasteiger charge is -2.29. The Bertz CT molecular complexity index is 1590. The molecule has 1 fully saturated rings. The second-order valence-electron chi connectivity index (χ2n) is 11.7. The van der Waals surface area contributed by atoms with E-state index in [-0.39, 0.29) is 12.5 Å². The van der Waals surface area contributed by atoms with Crippen molar-refractivity contribution in [2.24, 2.45) is 0 Å². The van der Waals surface area contributed by atoms with E-state index in [1.807, 2.05) is 48.0 Å². The van der Waals surface area contributed by atoms with Crippen LogP contribution in [0.1, 0.15) is 55.0 Å². The fraction of sp³-hybridized carbons (Fsp3) is 0.344. The van der Waals surface area contributed by atoms with Crippen molar-refractivity contribution in [1.29, 1.82) is 0 Å². The van der Waals surface area contributed by atoms with Gasteiger partial charge in [-0.3, -0.25) is 9.78 Å². The van der Waals surface area contributed by atoms with Gasteiger partial charge in [0.1, 0.15) is 5.60 Å². The van der Waals surface area contributed by atoms with Gasteiger partial charge in [-0.05, 0) is 93.1 Å². The first-order valence-electron chi connectivity index (χ1n) is 13.5. The topological polar surface area (TPSA) is 64.4 Å². The Kier molecular flexibility index (Phi) is 7.17. The zero-order chi connectivity index (χ0) is 29.6. The number of hydrogen-bond acceptors (Lipinski definition) is 4. The summed E-state index contributed by atoms with van der Waals surface area (Å²) in [5, 5.41) is 0.981. The number of fused-ring (bicyclic) bond motifs is 1. The number of imide groups is 1. The average molecular weight is 564 g/mol. The van der Waals surface area contributed by atoms with E-state index in [9.17, 15) is 22.8 Å². The van der Waals surface area contributed by atoms with Gasteiger partial charge in [0.25, 0.3) is 0 Å². The minimum atomic E-state index is -4.39. The molecule has 0 aliphatic carbocycles. The molecule has 1 saturated heterocycles. The van der Waals surface area contributed by atoms with E-state index >= 15 is 0 Å². The number of halogens is 3. The van der Waals surface area contributed by atoms with Gasteiger partial charge in [-0.2, -0.15) is 13.2 Å². The summed E-state index contributed by atoms with van der Waals surface area (Å²) in [7, 11) is 0. The predicted molar refractivity (Wildman–Crippen MR) is 149 cm³/mol. The Morgan fingerprint density at radius 2 is 1.68 bits per heavy atom. The molecule has 2 aromatic carbocycles. The monoisotopic (exact) mass is 563 g/mol. The van der Waals surface area contributed by atoms with Crippen LogP contribution in [-0.2, 0) is 34.1 Å². The van der Waals surface area contributed by atoms with E-state index in [0.29, 0.717) is 19.4 Å². The lowest BCUT2D eigenvalue weighted by molar-refractivity contribution is -0.137. The van der Waals surface area contributed by atoms with E-state index in [2.05, 4.69) is 4.98 Å². The summed E-state index contributed by atoms with van der Waals surface area (Å²) < 4.78 is 46.7. The quantitative estimate of drug-likeness (QED) is 0.261. The minimum Gasteiger partial charge on any atom is -0.443 e. The number of carbonyl (C=O) groups is 2. The number of alkyl halides is 3. The zero-order valence-electron chi connectivity index (χ0n) is 23.5. The minimum absolute atomic E-state index is 0.225. The van der Waals surface area contributed by atoms with E-state index < -0.39 is 28.8 Å². The molecule has 0 radical (unpaired) electrons. The van der Waals surface area contributed by atoms with Crippen LogP contribution in [0.3, 0.4) is 0 Å². The average Bonchev–Trinajstić information content (AvgIpc) is 3.40. The fourth-order valence-electron chi connectivity index (χ4n) is 5.54. The lowest BCUT2D eigenvalue weighted by Crippen LogP contribution is -2.44. The van der Waals surface area contributed by atoms with Crippen molar-refractivity contribution < 1.29 is 27.5 Å². The highest BCUT2D eigenvalue weighted by Crippen LogP contribution is 2.41. The van der Waals surface area contributed by atoms with Gasteiger partial charge in [-0.25, -0.2) is 9.69 Å². The first kappa shape index (κ1) is 28.4. The third-order valence-corrected chi connectivity index (χ3v) is 7.55. The molecule has 1 unspecified atom stereocenters. The third-order valence-electron chi connectivity index (χ3n) is 7.55. The van der Waals surface area contributed by atoms with Crippen LogP contribution in [0.5, 0.6) is 0 Å². The molecule has 1 aliphatic rings. The number of benzene rings is 2. The number of nitrogens with zero attached hydrogens (tertiary/aromatic N) is 3. The van der Waals surface area contributed by atoms with Crippen molar-refractivity contribution in [1.82, 2.24) is 14.5 Å². The van der Waals surface area contributed by atoms with Crippen LogP contribution in [0.25, 0.3) is 10.9 Å². The number of pyridine rings is 1. The highest BCUT2D eigenvalue weighted by molar-refractivity contribution is 6.01. The smallest absolute Gasteiger partial charge is 0.417 e. The largest absolute Gasteiger partial charge is 0.443 e. The summed E-state index contributed by atoms with van der Waals surface area (Å²) in [5.74, 6) is -0.319. The number of aromatic nitrogens is 2. The lowest BCUT2D eigenvalue weighted by atomic mass is 9.74. The molecule has 3 heterocycles. The molecule has 41 heavy (non-hydrogen) atoms.